The molecule has 0 unspecified atom stereocenters. The zero-order valence-corrected chi connectivity index (χ0v) is 12.3. The number of hydrogen-bond donors (Lipinski definition) is 1. The molecule has 3 rings (SSSR count). The van der Waals surface area contributed by atoms with Crippen LogP contribution in [0, 0.1) is 0 Å². The summed E-state index contributed by atoms with van der Waals surface area (Å²) in [5, 5.41) is 3.99. The molecule has 0 spiro atoms. The number of nitrogens with zero attached hydrogens (tertiary/aromatic N) is 4. The summed E-state index contributed by atoms with van der Waals surface area (Å²) >= 11 is 3.20. The molecule has 0 saturated carbocycles. The molecule has 0 aliphatic heterocycles. The summed E-state index contributed by atoms with van der Waals surface area (Å²) in [6, 6.07) is 8.18. The van der Waals surface area contributed by atoms with E-state index < -0.39 is 10.0 Å². The second kappa shape index (κ2) is 4.84. The average molecular weight is 354 g/mol. The molecule has 1 aromatic carbocycles. The standard InChI is InChI=1S/C11H8BrN5O2S/c12-8-4-1-2-5-9(8)20(18,19)16-10-14-11-13-6-3-7-17(11)15-10/h1-7H,(H,15,16). The first-order valence-electron chi connectivity index (χ1n) is 5.51. The van der Waals surface area contributed by atoms with Gasteiger partial charge in [0.15, 0.2) is 0 Å². The van der Waals surface area contributed by atoms with Gasteiger partial charge in [0.1, 0.15) is 4.90 Å². The number of aromatic nitrogens is 4. The van der Waals surface area contributed by atoms with E-state index in [9.17, 15) is 8.42 Å². The molecule has 0 aliphatic rings. The van der Waals surface area contributed by atoms with Gasteiger partial charge < -0.3 is 0 Å². The van der Waals surface area contributed by atoms with E-state index >= 15 is 0 Å². The first kappa shape index (κ1) is 13.0. The van der Waals surface area contributed by atoms with E-state index in [1.165, 1.54) is 10.6 Å². The van der Waals surface area contributed by atoms with E-state index in [0.717, 1.165) is 0 Å². The molecule has 20 heavy (non-hydrogen) atoms. The summed E-state index contributed by atoms with van der Waals surface area (Å²) in [6.07, 6.45) is 3.18. The lowest BCUT2D eigenvalue weighted by Gasteiger charge is -2.05. The van der Waals surface area contributed by atoms with Gasteiger partial charge >= 0.3 is 0 Å². The number of benzene rings is 1. The van der Waals surface area contributed by atoms with E-state index in [2.05, 4.69) is 35.7 Å². The summed E-state index contributed by atoms with van der Waals surface area (Å²) in [5.74, 6) is 0.289. The maximum absolute atomic E-state index is 12.2. The number of nitrogens with one attached hydrogen (secondary N) is 1. The van der Waals surface area contributed by atoms with Crippen molar-refractivity contribution in [2.45, 2.75) is 4.90 Å². The van der Waals surface area contributed by atoms with Crippen LogP contribution in [0.4, 0.5) is 5.95 Å². The van der Waals surface area contributed by atoms with Crippen molar-refractivity contribution in [2.24, 2.45) is 0 Å². The zero-order valence-electron chi connectivity index (χ0n) is 9.93. The molecule has 0 radical (unpaired) electrons. The molecular formula is C11H8BrN5O2S. The van der Waals surface area contributed by atoms with Crippen LogP contribution in [0.25, 0.3) is 5.78 Å². The summed E-state index contributed by atoms with van der Waals surface area (Å²) in [7, 11) is -3.75. The molecule has 0 saturated heterocycles. The van der Waals surface area contributed by atoms with Crippen molar-refractivity contribution in [3.05, 3.63) is 47.2 Å². The lowest BCUT2D eigenvalue weighted by molar-refractivity contribution is 0.600. The van der Waals surface area contributed by atoms with Crippen LogP contribution >= 0.6 is 15.9 Å². The maximum atomic E-state index is 12.2. The van der Waals surface area contributed by atoms with Gasteiger partial charge in [-0.3, -0.25) is 0 Å². The molecule has 2 aromatic heterocycles. The van der Waals surface area contributed by atoms with Gasteiger partial charge in [-0.25, -0.2) is 22.6 Å². The van der Waals surface area contributed by atoms with Crippen molar-refractivity contribution in [2.75, 3.05) is 4.72 Å². The molecule has 3 aromatic rings. The highest BCUT2D eigenvalue weighted by atomic mass is 79.9. The van der Waals surface area contributed by atoms with Gasteiger partial charge in [0.25, 0.3) is 21.7 Å². The third kappa shape index (κ3) is 2.37. The highest BCUT2D eigenvalue weighted by molar-refractivity contribution is 9.10. The van der Waals surface area contributed by atoms with Gasteiger partial charge in [0.05, 0.1) is 0 Å². The van der Waals surface area contributed by atoms with Gasteiger partial charge in [0, 0.05) is 16.9 Å². The van der Waals surface area contributed by atoms with Gasteiger partial charge in [-0.05, 0) is 34.1 Å². The summed E-state index contributed by atoms with van der Waals surface area (Å²) in [5.41, 5.74) is 0. The predicted octanol–water partition coefficient (Wildman–Crippen LogP) is 1.69. The van der Waals surface area contributed by atoms with Crippen LogP contribution in [0.2, 0.25) is 0 Å². The predicted molar refractivity (Wildman–Crippen MR) is 75.7 cm³/mol. The van der Waals surface area contributed by atoms with Crippen molar-refractivity contribution in [1.29, 1.82) is 0 Å². The van der Waals surface area contributed by atoms with E-state index in [4.69, 9.17) is 0 Å². The Morgan fingerprint density at radius 3 is 2.75 bits per heavy atom. The normalized spacial score (nSPS) is 11.7. The summed E-state index contributed by atoms with van der Waals surface area (Å²) in [4.78, 5) is 8.07. The first-order chi connectivity index (χ1) is 9.56. The number of rotatable bonds is 3. The van der Waals surface area contributed by atoms with E-state index in [-0.39, 0.29) is 10.8 Å². The molecule has 7 nitrogen and oxygen atoms in total. The minimum absolute atomic E-state index is 0.0283. The fraction of sp³-hybridized carbons (Fsp3) is 0. The van der Waals surface area contributed by atoms with E-state index in [1.807, 2.05) is 0 Å². The molecule has 0 amide bonds. The highest BCUT2D eigenvalue weighted by Crippen LogP contribution is 2.22. The second-order valence-electron chi connectivity index (χ2n) is 3.84. The quantitative estimate of drug-likeness (QED) is 0.773. The average Bonchev–Trinajstić information content (AvgIpc) is 2.80. The van der Waals surface area contributed by atoms with Crippen LogP contribution in [-0.4, -0.2) is 28.0 Å². The third-order valence-electron chi connectivity index (χ3n) is 2.47. The number of fused-ring (bicyclic) bond motifs is 1. The van der Waals surface area contributed by atoms with Crippen molar-refractivity contribution in [3.63, 3.8) is 0 Å². The van der Waals surface area contributed by atoms with E-state index in [0.29, 0.717) is 10.3 Å². The number of halogens is 1. The Bertz CT molecular complexity index is 844. The Labute approximate surface area is 122 Å². The molecular weight excluding hydrogens is 346 g/mol. The largest absolute Gasteiger partial charge is 0.265 e. The first-order valence-corrected chi connectivity index (χ1v) is 7.79. The van der Waals surface area contributed by atoms with Gasteiger partial charge in [-0.2, -0.15) is 4.98 Å². The zero-order chi connectivity index (χ0) is 14.2. The van der Waals surface area contributed by atoms with Crippen molar-refractivity contribution in [1.82, 2.24) is 19.6 Å². The minimum Gasteiger partial charge on any atom is -0.246 e. The Morgan fingerprint density at radius 1 is 1.20 bits per heavy atom. The Hall–Kier alpha value is -2.00. The summed E-state index contributed by atoms with van der Waals surface area (Å²) in [6.45, 7) is 0. The van der Waals surface area contributed by atoms with Gasteiger partial charge in [-0.1, -0.05) is 12.1 Å². The Morgan fingerprint density at radius 2 is 2.00 bits per heavy atom. The molecule has 102 valence electrons. The van der Waals surface area contributed by atoms with Crippen LogP contribution < -0.4 is 4.72 Å². The molecule has 9 heteroatoms. The Balaban J connectivity index is 1.99. The monoisotopic (exact) mass is 353 g/mol. The lowest BCUT2D eigenvalue weighted by Crippen LogP contribution is -2.14. The Kier molecular flexibility index (Phi) is 3.14. The topological polar surface area (TPSA) is 89.2 Å². The third-order valence-corrected chi connectivity index (χ3v) is 4.81. The lowest BCUT2D eigenvalue weighted by atomic mass is 10.4. The SMILES string of the molecule is O=S(=O)(Nc1nc2ncccn2n1)c1ccccc1Br. The van der Waals surface area contributed by atoms with Crippen LogP contribution in [-0.2, 0) is 10.0 Å². The van der Waals surface area contributed by atoms with Crippen LogP contribution in [0.1, 0.15) is 0 Å². The molecule has 2 heterocycles. The minimum atomic E-state index is -3.75. The van der Waals surface area contributed by atoms with Crippen molar-refractivity contribution < 1.29 is 8.42 Å². The fourth-order valence-corrected chi connectivity index (χ4v) is 3.56. The molecule has 0 bridgehead atoms. The number of hydrogen-bond acceptors (Lipinski definition) is 5. The maximum Gasteiger partial charge on any atom is 0.265 e. The molecule has 1 N–H and O–H groups in total. The number of sulfonamides is 1. The van der Waals surface area contributed by atoms with E-state index in [1.54, 1.807) is 36.7 Å². The van der Waals surface area contributed by atoms with Gasteiger partial charge in [0.2, 0.25) is 0 Å². The molecule has 0 atom stereocenters. The molecule has 0 aliphatic carbocycles. The smallest absolute Gasteiger partial charge is 0.246 e. The van der Waals surface area contributed by atoms with Gasteiger partial charge in [-0.15, -0.1) is 5.10 Å². The van der Waals surface area contributed by atoms with Crippen molar-refractivity contribution in [3.8, 4) is 0 Å². The van der Waals surface area contributed by atoms with Crippen molar-refractivity contribution >= 4 is 37.7 Å². The second-order valence-corrected chi connectivity index (χ2v) is 6.34. The van der Waals surface area contributed by atoms with Crippen LogP contribution in [0.3, 0.4) is 0 Å². The fourth-order valence-electron chi connectivity index (χ4n) is 1.61. The highest BCUT2D eigenvalue weighted by Gasteiger charge is 2.19. The molecule has 0 fully saturated rings. The van der Waals surface area contributed by atoms with Crippen LogP contribution in [0.15, 0.2) is 52.1 Å². The number of anilines is 1. The van der Waals surface area contributed by atoms with Crippen LogP contribution in [0.5, 0.6) is 0 Å². The summed E-state index contributed by atoms with van der Waals surface area (Å²) < 4.78 is 28.7.